The minimum absolute atomic E-state index is 0. The van der Waals surface area contributed by atoms with Crippen LogP contribution in [0.4, 0.5) is 0 Å². The summed E-state index contributed by atoms with van der Waals surface area (Å²) in [5.74, 6) is -0.605. The van der Waals surface area contributed by atoms with Crippen LogP contribution in [0.5, 0.6) is 0 Å². The van der Waals surface area contributed by atoms with Crippen LogP contribution in [0.3, 0.4) is 0 Å². The molecule has 1 aliphatic heterocycles. The first-order valence-electron chi connectivity index (χ1n) is 13.5. The second-order valence-corrected chi connectivity index (χ2v) is 9.47. The van der Waals surface area contributed by atoms with Crippen LogP contribution in [0.25, 0.3) is 0 Å². The van der Waals surface area contributed by atoms with Crippen LogP contribution in [0.1, 0.15) is 62.5 Å². The zero-order valence-corrected chi connectivity index (χ0v) is 24.4. The van der Waals surface area contributed by atoms with Crippen molar-refractivity contribution in [1.29, 1.82) is 0 Å². The minimum Gasteiger partial charge on any atom is -0.465 e. The van der Waals surface area contributed by atoms with Crippen molar-refractivity contribution in [3.63, 3.8) is 0 Å². The molecule has 1 fully saturated rings. The third-order valence-corrected chi connectivity index (χ3v) is 6.98. The van der Waals surface area contributed by atoms with Crippen LogP contribution >= 0.6 is 24.8 Å². The fraction of sp³-hybridized carbons (Fsp3) is 0.533. The Morgan fingerprint density at radius 2 is 1.00 bits per heavy atom. The molecule has 1 heterocycles. The highest BCUT2D eigenvalue weighted by atomic mass is 35.5. The maximum atomic E-state index is 12.5. The lowest BCUT2D eigenvalue weighted by Crippen LogP contribution is -2.47. The quantitative estimate of drug-likeness (QED) is 0.216. The van der Waals surface area contributed by atoms with Crippen molar-refractivity contribution in [3.8, 4) is 0 Å². The van der Waals surface area contributed by atoms with Crippen molar-refractivity contribution in [2.75, 3.05) is 52.5 Å². The molecule has 0 N–H and O–H groups in total. The number of benzene rings is 2. The fourth-order valence-electron chi connectivity index (χ4n) is 4.81. The third kappa shape index (κ3) is 10.9. The number of hydrogen-bond acceptors (Lipinski definition) is 6. The largest absolute Gasteiger partial charge is 0.465 e. The van der Waals surface area contributed by atoms with Crippen LogP contribution in [0.2, 0.25) is 0 Å². The maximum absolute atomic E-state index is 12.5. The van der Waals surface area contributed by atoms with E-state index < -0.39 is 0 Å². The van der Waals surface area contributed by atoms with Crippen LogP contribution in [0.15, 0.2) is 60.7 Å². The molecule has 3 rings (SSSR count). The number of piperazine rings is 1. The van der Waals surface area contributed by atoms with E-state index in [0.717, 1.165) is 76.1 Å². The van der Waals surface area contributed by atoms with Crippen molar-refractivity contribution < 1.29 is 19.1 Å². The minimum atomic E-state index is -0.180. The first-order chi connectivity index (χ1) is 17.6. The Hall–Kier alpha value is -2.12. The number of esters is 2. The monoisotopic (exact) mass is 566 g/mol. The summed E-state index contributed by atoms with van der Waals surface area (Å²) in [6.07, 6.45) is 3.20. The van der Waals surface area contributed by atoms with Gasteiger partial charge in [0.25, 0.3) is 0 Å². The Morgan fingerprint density at radius 1 is 0.658 bits per heavy atom. The second kappa shape index (κ2) is 19.0. The van der Waals surface area contributed by atoms with Gasteiger partial charge in [-0.15, -0.1) is 24.8 Å². The highest BCUT2D eigenvalue weighted by molar-refractivity contribution is 5.85. The number of carbonyl (C=O) groups excluding carboxylic acids is 2. The third-order valence-electron chi connectivity index (χ3n) is 6.98. The molecule has 0 spiro atoms. The Labute approximate surface area is 240 Å². The van der Waals surface area contributed by atoms with Gasteiger partial charge in [-0.25, -0.2) is 0 Å². The summed E-state index contributed by atoms with van der Waals surface area (Å²) in [6, 6.07) is 19.7. The van der Waals surface area contributed by atoms with E-state index in [2.05, 4.69) is 9.80 Å². The van der Waals surface area contributed by atoms with E-state index in [1.54, 1.807) is 0 Å². The number of nitrogens with zero attached hydrogens (tertiary/aromatic N) is 2. The molecule has 2 atom stereocenters. The van der Waals surface area contributed by atoms with Crippen molar-refractivity contribution in [2.45, 2.75) is 51.4 Å². The van der Waals surface area contributed by atoms with Gasteiger partial charge in [-0.05, 0) is 36.8 Å². The van der Waals surface area contributed by atoms with E-state index in [4.69, 9.17) is 9.47 Å². The molecule has 1 saturated heterocycles. The van der Waals surface area contributed by atoms with Crippen LogP contribution in [-0.4, -0.2) is 74.2 Å². The van der Waals surface area contributed by atoms with E-state index in [1.165, 1.54) is 0 Å². The van der Waals surface area contributed by atoms with E-state index >= 15 is 0 Å². The lowest BCUT2D eigenvalue weighted by molar-refractivity contribution is -0.146. The average molecular weight is 568 g/mol. The highest BCUT2D eigenvalue weighted by Crippen LogP contribution is 2.22. The first kappa shape index (κ1) is 33.9. The Morgan fingerprint density at radius 3 is 1.32 bits per heavy atom. The van der Waals surface area contributed by atoms with Gasteiger partial charge < -0.3 is 19.3 Å². The van der Waals surface area contributed by atoms with Gasteiger partial charge in [0.15, 0.2) is 0 Å². The molecule has 0 aromatic heterocycles. The van der Waals surface area contributed by atoms with Gasteiger partial charge in [0, 0.05) is 39.3 Å². The molecular weight excluding hydrogens is 523 g/mol. The Kier molecular flexibility index (Phi) is 17.0. The predicted octanol–water partition coefficient (Wildman–Crippen LogP) is 5.70. The number of ether oxygens (including phenoxy) is 2. The number of hydrogen-bond donors (Lipinski definition) is 0. The van der Waals surface area contributed by atoms with E-state index in [-0.39, 0.29) is 48.6 Å². The molecule has 0 saturated carbocycles. The molecule has 1 aliphatic rings. The normalized spacial score (nSPS) is 15.4. The van der Waals surface area contributed by atoms with Crippen LogP contribution < -0.4 is 0 Å². The number of carbonyl (C=O) groups is 2. The van der Waals surface area contributed by atoms with Crippen molar-refractivity contribution in [1.82, 2.24) is 9.80 Å². The molecule has 2 unspecified atom stereocenters. The van der Waals surface area contributed by atoms with Gasteiger partial charge in [-0.2, -0.15) is 0 Å². The van der Waals surface area contributed by atoms with Crippen LogP contribution in [0, 0.1) is 0 Å². The summed E-state index contributed by atoms with van der Waals surface area (Å²) in [4.78, 5) is 29.8. The lowest BCUT2D eigenvalue weighted by Gasteiger charge is -2.34. The second-order valence-electron chi connectivity index (χ2n) is 9.47. The molecule has 6 nitrogen and oxygen atoms in total. The molecule has 0 radical (unpaired) electrons. The molecule has 8 heteroatoms. The fourth-order valence-corrected chi connectivity index (χ4v) is 4.81. The number of rotatable bonds is 14. The summed E-state index contributed by atoms with van der Waals surface area (Å²) in [6.45, 7) is 10.9. The smallest absolute Gasteiger partial charge is 0.313 e. The zero-order valence-electron chi connectivity index (χ0n) is 22.8. The molecule has 212 valence electrons. The lowest BCUT2D eigenvalue weighted by atomic mass is 9.97. The first-order valence-corrected chi connectivity index (χ1v) is 13.5. The van der Waals surface area contributed by atoms with Crippen molar-refractivity contribution >= 4 is 36.8 Å². The van der Waals surface area contributed by atoms with Crippen LogP contribution in [-0.2, 0) is 19.1 Å². The van der Waals surface area contributed by atoms with Gasteiger partial charge >= 0.3 is 11.9 Å². The topological polar surface area (TPSA) is 59.1 Å². The molecule has 0 amide bonds. The van der Waals surface area contributed by atoms with Gasteiger partial charge in [-0.3, -0.25) is 9.59 Å². The molecule has 0 aliphatic carbocycles. The summed E-state index contributed by atoms with van der Waals surface area (Å²) in [5.41, 5.74) is 2.05. The standard InChI is InChI=1S/C30H42N2O4.2ClH/c1-3-27(25-13-7-5-8-14-25)29(33)35-23-11-17-31-19-21-32(22-20-31)18-12-24-36-30(34)28(4-2)26-15-9-6-10-16-26;;/h5-10,13-16,27-28H,3-4,11-12,17-24H2,1-2H3;2*1H. The van der Waals surface area contributed by atoms with Gasteiger partial charge in [0.2, 0.25) is 0 Å². The highest BCUT2D eigenvalue weighted by Gasteiger charge is 2.22. The molecule has 2 aromatic rings. The maximum Gasteiger partial charge on any atom is 0.313 e. The SMILES string of the molecule is CCC(C(=O)OCCCN1CCN(CCCOC(=O)C(CC)c2ccccc2)CC1)c1ccccc1.Cl.Cl. The Balaban J connectivity index is 0.00000361. The molecule has 2 aromatic carbocycles. The Bertz CT molecular complexity index is 833. The molecular formula is C30H44Cl2N2O4. The van der Waals surface area contributed by atoms with E-state index in [1.807, 2.05) is 74.5 Å². The molecule has 38 heavy (non-hydrogen) atoms. The van der Waals surface area contributed by atoms with Crippen molar-refractivity contribution in [3.05, 3.63) is 71.8 Å². The summed E-state index contributed by atoms with van der Waals surface area (Å²) in [5, 5.41) is 0. The van der Waals surface area contributed by atoms with E-state index in [9.17, 15) is 9.59 Å². The summed E-state index contributed by atoms with van der Waals surface area (Å²) in [7, 11) is 0. The summed E-state index contributed by atoms with van der Waals surface area (Å²) >= 11 is 0. The van der Waals surface area contributed by atoms with Gasteiger partial charge in [0.1, 0.15) is 0 Å². The predicted molar refractivity (Wildman–Crippen MR) is 157 cm³/mol. The van der Waals surface area contributed by atoms with E-state index in [0.29, 0.717) is 13.2 Å². The molecule has 0 bridgehead atoms. The summed E-state index contributed by atoms with van der Waals surface area (Å²) < 4.78 is 11.2. The van der Waals surface area contributed by atoms with Gasteiger partial charge in [0.05, 0.1) is 25.0 Å². The van der Waals surface area contributed by atoms with Crippen molar-refractivity contribution in [2.24, 2.45) is 0 Å². The number of halogens is 2. The zero-order chi connectivity index (χ0) is 25.6. The van der Waals surface area contributed by atoms with Gasteiger partial charge in [-0.1, -0.05) is 74.5 Å². The average Bonchev–Trinajstić information content (AvgIpc) is 2.92.